The van der Waals surface area contributed by atoms with Crippen molar-refractivity contribution in [2.75, 3.05) is 0 Å². The summed E-state index contributed by atoms with van der Waals surface area (Å²) in [5, 5.41) is 3.92. The number of pyridine rings is 1. The number of carbonyl (C=O) groups is 1. The molecule has 0 radical (unpaired) electrons. The molecule has 0 aromatic carbocycles. The second kappa shape index (κ2) is 5.88. The van der Waals surface area contributed by atoms with Gasteiger partial charge in [0.2, 0.25) is 5.91 Å². The van der Waals surface area contributed by atoms with Crippen LogP contribution in [0.5, 0.6) is 0 Å². The van der Waals surface area contributed by atoms with Crippen molar-refractivity contribution in [3.63, 3.8) is 0 Å². The summed E-state index contributed by atoms with van der Waals surface area (Å²) in [7, 11) is 0. The first-order chi connectivity index (χ1) is 10.5. The van der Waals surface area contributed by atoms with E-state index in [1.807, 2.05) is 49.6 Å². The summed E-state index contributed by atoms with van der Waals surface area (Å²) < 4.78 is 2.03. The average Bonchev–Trinajstić information content (AvgIpc) is 3.01. The molecule has 5 nitrogen and oxygen atoms in total. The molecular formula is C16H18N4OS. The van der Waals surface area contributed by atoms with Crippen LogP contribution in [-0.4, -0.2) is 20.3 Å². The molecule has 3 aromatic rings. The molecule has 0 saturated heterocycles. The molecule has 0 aliphatic rings. The maximum atomic E-state index is 12.1. The SMILES string of the molecule is Cc1nc(C)c(CC(=O)NCc2cn3c(C)cccc3n2)s1. The highest BCUT2D eigenvalue weighted by atomic mass is 32.1. The van der Waals surface area contributed by atoms with E-state index in [4.69, 9.17) is 0 Å². The minimum atomic E-state index is 0.000489. The highest BCUT2D eigenvalue weighted by Gasteiger charge is 2.11. The van der Waals surface area contributed by atoms with Gasteiger partial charge in [-0.15, -0.1) is 11.3 Å². The van der Waals surface area contributed by atoms with Gasteiger partial charge in [-0.3, -0.25) is 4.79 Å². The van der Waals surface area contributed by atoms with E-state index in [2.05, 4.69) is 15.3 Å². The van der Waals surface area contributed by atoms with Crippen LogP contribution >= 0.6 is 11.3 Å². The summed E-state index contributed by atoms with van der Waals surface area (Å²) in [5.74, 6) is 0.000489. The molecule has 3 rings (SSSR count). The Bertz CT molecular complexity index is 834. The van der Waals surface area contributed by atoms with E-state index in [9.17, 15) is 4.79 Å². The molecule has 0 bridgehead atoms. The van der Waals surface area contributed by atoms with Gasteiger partial charge in [-0.2, -0.15) is 0 Å². The lowest BCUT2D eigenvalue weighted by atomic mass is 10.3. The Morgan fingerprint density at radius 2 is 2.09 bits per heavy atom. The minimum Gasteiger partial charge on any atom is -0.350 e. The van der Waals surface area contributed by atoms with Crippen LogP contribution in [0.3, 0.4) is 0 Å². The Labute approximate surface area is 133 Å². The molecule has 6 heteroatoms. The van der Waals surface area contributed by atoms with Gasteiger partial charge in [0.05, 0.1) is 29.4 Å². The van der Waals surface area contributed by atoms with Crippen molar-refractivity contribution >= 4 is 22.9 Å². The van der Waals surface area contributed by atoms with Crippen molar-refractivity contribution in [2.45, 2.75) is 33.7 Å². The molecule has 1 N–H and O–H groups in total. The predicted molar refractivity (Wildman–Crippen MR) is 87.1 cm³/mol. The zero-order valence-electron chi connectivity index (χ0n) is 12.9. The summed E-state index contributed by atoms with van der Waals surface area (Å²) in [6, 6.07) is 5.97. The number of aromatic nitrogens is 3. The number of hydrogen-bond acceptors (Lipinski definition) is 4. The topological polar surface area (TPSA) is 59.3 Å². The quantitative estimate of drug-likeness (QED) is 0.805. The number of thiazole rings is 1. The smallest absolute Gasteiger partial charge is 0.225 e. The van der Waals surface area contributed by atoms with Crippen molar-refractivity contribution < 1.29 is 4.79 Å². The van der Waals surface area contributed by atoms with Gasteiger partial charge in [0.1, 0.15) is 5.65 Å². The standard InChI is InChI=1S/C16H18N4OS/c1-10-5-4-6-15-19-13(9-20(10)15)8-17-16(21)7-14-11(2)18-12(3)22-14/h4-6,9H,7-8H2,1-3H3,(H,17,21). The van der Waals surface area contributed by atoms with Gasteiger partial charge >= 0.3 is 0 Å². The first-order valence-electron chi connectivity index (χ1n) is 7.16. The summed E-state index contributed by atoms with van der Waals surface area (Å²) in [4.78, 5) is 21.9. The fraction of sp³-hybridized carbons (Fsp3) is 0.312. The minimum absolute atomic E-state index is 0.000489. The van der Waals surface area contributed by atoms with Gasteiger partial charge in [-0.1, -0.05) is 6.07 Å². The van der Waals surface area contributed by atoms with Gasteiger partial charge < -0.3 is 9.72 Å². The summed E-state index contributed by atoms with van der Waals surface area (Å²) in [6.45, 7) is 6.37. The van der Waals surface area contributed by atoms with E-state index < -0.39 is 0 Å². The third-order valence-corrected chi connectivity index (χ3v) is 4.61. The maximum Gasteiger partial charge on any atom is 0.225 e. The number of carbonyl (C=O) groups excluding carboxylic acids is 1. The zero-order valence-corrected chi connectivity index (χ0v) is 13.7. The summed E-state index contributed by atoms with van der Waals surface area (Å²) in [6.07, 6.45) is 2.34. The van der Waals surface area contributed by atoms with Crippen LogP contribution in [0.4, 0.5) is 0 Å². The van der Waals surface area contributed by atoms with E-state index in [0.29, 0.717) is 13.0 Å². The molecule has 0 unspecified atom stereocenters. The number of nitrogens with zero attached hydrogens (tertiary/aromatic N) is 3. The van der Waals surface area contributed by atoms with E-state index in [0.717, 1.165) is 32.6 Å². The van der Waals surface area contributed by atoms with E-state index in [-0.39, 0.29) is 5.91 Å². The van der Waals surface area contributed by atoms with Crippen LogP contribution in [0.25, 0.3) is 5.65 Å². The maximum absolute atomic E-state index is 12.1. The zero-order chi connectivity index (χ0) is 15.7. The molecule has 0 saturated carbocycles. The lowest BCUT2D eigenvalue weighted by molar-refractivity contribution is -0.120. The first kappa shape index (κ1) is 14.7. The molecule has 0 atom stereocenters. The Balaban J connectivity index is 1.65. The van der Waals surface area contributed by atoms with Crippen LogP contribution in [-0.2, 0) is 17.8 Å². The van der Waals surface area contributed by atoms with Crippen molar-refractivity contribution in [1.29, 1.82) is 0 Å². The average molecular weight is 314 g/mol. The monoisotopic (exact) mass is 314 g/mol. The van der Waals surface area contributed by atoms with Crippen molar-refractivity contribution in [3.8, 4) is 0 Å². The van der Waals surface area contributed by atoms with E-state index in [1.165, 1.54) is 0 Å². The number of amides is 1. The highest BCUT2D eigenvalue weighted by molar-refractivity contribution is 7.11. The van der Waals surface area contributed by atoms with Gasteiger partial charge in [0, 0.05) is 16.8 Å². The second-order valence-electron chi connectivity index (χ2n) is 5.32. The molecule has 3 heterocycles. The van der Waals surface area contributed by atoms with Crippen molar-refractivity contribution in [2.24, 2.45) is 0 Å². The van der Waals surface area contributed by atoms with Crippen LogP contribution in [0.2, 0.25) is 0 Å². The third-order valence-electron chi connectivity index (χ3n) is 3.53. The predicted octanol–water partition coefficient (Wildman–Crippen LogP) is 2.57. The van der Waals surface area contributed by atoms with Crippen LogP contribution < -0.4 is 5.32 Å². The fourth-order valence-electron chi connectivity index (χ4n) is 2.42. The summed E-state index contributed by atoms with van der Waals surface area (Å²) in [5.41, 5.74) is 3.83. The number of aryl methyl sites for hydroxylation is 3. The molecule has 0 aliphatic heterocycles. The number of nitrogens with one attached hydrogen (secondary N) is 1. The van der Waals surface area contributed by atoms with Gasteiger partial charge in [-0.25, -0.2) is 9.97 Å². The van der Waals surface area contributed by atoms with Gasteiger partial charge in [-0.05, 0) is 32.9 Å². The van der Waals surface area contributed by atoms with Gasteiger partial charge in [0.15, 0.2) is 0 Å². The first-order valence-corrected chi connectivity index (χ1v) is 7.98. The highest BCUT2D eigenvalue weighted by Crippen LogP contribution is 2.17. The van der Waals surface area contributed by atoms with Crippen LogP contribution in [0.15, 0.2) is 24.4 Å². The van der Waals surface area contributed by atoms with E-state index in [1.54, 1.807) is 11.3 Å². The fourth-order valence-corrected chi connectivity index (χ4v) is 3.35. The molecule has 22 heavy (non-hydrogen) atoms. The van der Waals surface area contributed by atoms with Crippen LogP contribution in [0.1, 0.15) is 27.0 Å². The van der Waals surface area contributed by atoms with Crippen molar-refractivity contribution in [3.05, 3.63) is 51.4 Å². The van der Waals surface area contributed by atoms with Gasteiger partial charge in [0.25, 0.3) is 0 Å². The Kier molecular flexibility index (Phi) is 3.94. The second-order valence-corrected chi connectivity index (χ2v) is 6.61. The Hall–Kier alpha value is -2.21. The lowest BCUT2D eigenvalue weighted by Crippen LogP contribution is -2.24. The molecule has 1 amide bonds. The lowest BCUT2D eigenvalue weighted by Gasteiger charge is -2.02. The normalized spacial score (nSPS) is 11.0. The van der Waals surface area contributed by atoms with Crippen molar-refractivity contribution in [1.82, 2.24) is 19.7 Å². The molecule has 0 aliphatic carbocycles. The van der Waals surface area contributed by atoms with Crippen LogP contribution in [0, 0.1) is 20.8 Å². The molecule has 114 valence electrons. The molecular weight excluding hydrogens is 296 g/mol. The molecule has 3 aromatic heterocycles. The number of rotatable bonds is 4. The number of hydrogen-bond donors (Lipinski definition) is 1. The Morgan fingerprint density at radius 1 is 1.27 bits per heavy atom. The van der Waals surface area contributed by atoms with E-state index >= 15 is 0 Å². The largest absolute Gasteiger partial charge is 0.350 e. The molecule has 0 spiro atoms. The third kappa shape index (κ3) is 3.01. The number of fused-ring (bicyclic) bond motifs is 1. The molecule has 0 fully saturated rings. The Morgan fingerprint density at radius 3 is 2.77 bits per heavy atom. The number of imidazole rings is 1. The summed E-state index contributed by atoms with van der Waals surface area (Å²) >= 11 is 1.58.